The van der Waals surface area contributed by atoms with Gasteiger partial charge in [-0.25, -0.2) is 48.7 Å². The fourth-order valence-corrected chi connectivity index (χ4v) is 8.84. The molecule has 2 fully saturated rings. The third-order valence-electron chi connectivity index (χ3n) is 11.1. The summed E-state index contributed by atoms with van der Waals surface area (Å²) in [5.74, 6) is 0.0288. The fraction of sp³-hybridized carbons (Fsp3) is 0.279. The van der Waals surface area contributed by atoms with Crippen molar-refractivity contribution < 1.29 is 18.4 Å². The minimum absolute atomic E-state index is 0.0493. The number of aromatic nitrogens is 11. The number of fused-ring (bicyclic) bond motifs is 2. The van der Waals surface area contributed by atoms with E-state index in [1.807, 2.05) is 4.90 Å². The second-order valence-corrected chi connectivity index (χ2v) is 17.3. The van der Waals surface area contributed by atoms with Gasteiger partial charge in [0, 0.05) is 110 Å². The number of piperidine rings is 2. The van der Waals surface area contributed by atoms with Gasteiger partial charge in [-0.2, -0.15) is 0 Å². The molecule has 0 radical (unpaired) electrons. The van der Waals surface area contributed by atoms with Gasteiger partial charge >= 0.3 is 0 Å². The second kappa shape index (κ2) is 19.5. The molecular weight excluding hydrogens is 900 g/mol. The molecule has 65 heavy (non-hydrogen) atoms. The van der Waals surface area contributed by atoms with Crippen LogP contribution in [0.1, 0.15) is 46.0 Å². The predicted octanol–water partition coefficient (Wildman–Crippen LogP) is 7.80. The number of hydrogen-bond donors (Lipinski definition) is 4. The van der Waals surface area contributed by atoms with E-state index in [9.17, 15) is 18.4 Å². The lowest BCUT2D eigenvalue weighted by Gasteiger charge is -2.32. The molecule has 2 saturated heterocycles. The van der Waals surface area contributed by atoms with Crippen LogP contribution in [0.3, 0.4) is 0 Å². The summed E-state index contributed by atoms with van der Waals surface area (Å²) in [4.78, 5) is 72.7. The lowest BCUT2D eigenvalue weighted by molar-refractivity contribution is 0.0669. The van der Waals surface area contributed by atoms with Crippen LogP contribution in [0.15, 0.2) is 79.5 Å². The Morgan fingerprint density at radius 1 is 0.692 bits per heavy atom. The molecule has 8 aromatic rings. The van der Waals surface area contributed by atoms with Gasteiger partial charge in [0.05, 0.1) is 28.6 Å². The summed E-state index contributed by atoms with van der Waals surface area (Å²) in [7, 11) is 0. The third kappa shape index (κ3) is 9.98. The molecule has 2 atom stereocenters. The highest BCUT2D eigenvalue weighted by Gasteiger charge is 2.28. The molecule has 0 saturated carbocycles. The van der Waals surface area contributed by atoms with E-state index in [0.717, 1.165) is 48.8 Å². The number of aromatic amines is 2. The first-order chi connectivity index (χ1) is 31.7. The number of likely N-dealkylation sites (tertiary alicyclic amines) is 2. The predicted molar refractivity (Wildman–Crippen MR) is 243 cm³/mol. The van der Waals surface area contributed by atoms with Gasteiger partial charge in [0.1, 0.15) is 17.0 Å². The number of pyridine rings is 2. The Bertz CT molecular complexity index is 2960. The van der Waals surface area contributed by atoms with Gasteiger partial charge in [0.25, 0.3) is 11.8 Å². The zero-order valence-electron chi connectivity index (χ0n) is 34.4. The number of nitrogens with one attached hydrogen (secondary N) is 4. The molecule has 2 aliphatic rings. The zero-order chi connectivity index (χ0) is 44.9. The highest BCUT2D eigenvalue weighted by molar-refractivity contribution is 7.11. The number of halogens is 4. The Kier molecular flexibility index (Phi) is 13.1. The first-order valence-corrected chi connectivity index (χ1v) is 22.3. The van der Waals surface area contributed by atoms with Crippen molar-refractivity contribution in [3.05, 3.63) is 112 Å². The van der Waals surface area contributed by atoms with Gasteiger partial charge in [-0.05, 0) is 49.7 Å². The number of carbonyl (C=O) groups is 2. The number of nitrogens with zero attached hydrogens (tertiary/aromatic N) is 11. The molecule has 332 valence electrons. The number of anilines is 2. The summed E-state index contributed by atoms with van der Waals surface area (Å²) >= 11 is 13.5. The first-order valence-electron chi connectivity index (χ1n) is 20.7. The van der Waals surface area contributed by atoms with Crippen molar-refractivity contribution >= 4 is 80.1 Å². The van der Waals surface area contributed by atoms with E-state index in [-0.39, 0.29) is 35.3 Å². The lowest BCUT2D eigenvalue weighted by atomic mass is 9.97. The van der Waals surface area contributed by atoms with Crippen molar-refractivity contribution in [3.8, 4) is 22.8 Å². The number of amides is 2. The Morgan fingerprint density at radius 3 is 1.75 bits per heavy atom. The van der Waals surface area contributed by atoms with Gasteiger partial charge in [-0.15, -0.1) is 11.3 Å². The maximum absolute atomic E-state index is 14.5. The third-order valence-corrected chi connectivity index (χ3v) is 12.3. The number of hydrogen-bond acceptors (Lipinski definition) is 14. The molecule has 10 rings (SSSR count). The maximum Gasteiger partial charge on any atom is 0.282 e. The zero-order valence-corrected chi connectivity index (χ0v) is 36.7. The van der Waals surface area contributed by atoms with E-state index in [4.69, 9.17) is 23.2 Å². The van der Waals surface area contributed by atoms with Crippen LogP contribution in [-0.2, 0) is 0 Å². The van der Waals surface area contributed by atoms with Crippen LogP contribution >= 0.6 is 34.5 Å². The molecule has 10 heterocycles. The molecule has 2 unspecified atom stereocenters. The van der Waals surface area contributed by atoms with Gasteiger partial charge in [-0.1, -0.05) is 23.2 Å². The standard InChI is InChI=1S/C22H20ClFN8O.C21H19ClFN7OS/c23-14-6-15-16(9-29-19(15)28-8-14)20-30-10-17(24)21(31-20)27-7-13-2-1-5-32(12-13)22(33)18-11-25-3-4-26-18;22-13-6-14-15(9-27-17(14)26-8-13)18-28-10-16(23)19(29-18)25-7-12-2-1-4-30(11-12)21(31)20-24-3-5-32-20/h3-4,6,8-11,13H,1-2,5,7,12H2,(H,28,29)(H,27,30,31);3,5-6,8-10,12H,1-2,4,7,11H2,(H,26,27)(H,25,28,29). The summed E-state index contributed by atoms with van der Waals surface area (Å²) in [6.07, 6.45) is 18.6. The quantitative estimate of drug-likeness (QED) is 0.103. The van der Waals surface area contributed by atoms with Crippen LogP contribution in [0.5, 0.6) is 0 Å². The fourth-order valence-electron chi connectivity index (χ4n) is 7.92. The van der Waals surface area contributed by atoms with Crippen LogP contribution in [0.4, 0.5) is 20.4 Å². The molecular formula is C43H39Cl2F2N15O2S. The normalized spacial score (nSPS) is 16.3. The Labute approximate surface area is 383 Å². The van der Waals surface area contributed by atoms with E-state index in [2.05, 4.69) is 65.5 Å². The van der Waals surface area contributed by atoms with Gasteiger partial charge in [-0.3, -0.25) is 14.6 Å². The summed E-state index contributed by atoms with van der Waals surface area (Å²) in [5, 5.41) is 11.0. The Morgan fingerprint density at radius 2 is 1.25 bits per heavy atom. The number of rotatable bonds is 10. The highest BCUT2D eigenvalue weighted by Crippen LogP contribution is 2.30. The van der Waals surface area contributed by atoms with Crippen LogP contribution < -0.4 is 10.6 Å². The molecule has 2 amide bonds. The number of carbonyl (C=O) groups excluding carboxylic acids is 2. The average Bonchev–Trinajstić information content (AvgIpc) is 4.12. The van der Waals surface area contributed by atoms with Crippen LogP contribution in [0, 0.1) is 23.5 Å². The van der Waals surface area contributed by atoms with E-state index in [0.29, 0.717) is 94.1 Å². The molecule has 17 nitrogen and oxygen atoms in total. The molecule has 0 aromatic carbocycles. The monoisotopic (exact) mass is 937 g/mol. The van der Waals surface area contributed by atoms with Crippen LogP contribution in [0.25, 0.3) is 44.8 Å². The largest absolute Gasteiger partial charge is 0.367 e. The second-order valence-electron chi connectivity index (χ2n) is 15.5. The van der Waals surface area contributed by atoms with Gasteiger partial charge in [0.2, 0.25) is 0 Å². The Balaban J connectivity index is 0.000000164. The highest BCUT2D eigenvalue weighted by atomic mass is 35.5. The molecule has 0 bridgehead atoms. The van der Waals surface area contributed by atoms with E-state index < -0.39 is 11.6 Å². The van der Waals surface area contributed by atoms with Crippen molar-refractivity contribution in [1.29, 1.82) is 0 Å². The topological polar surface area (TPSA) is 212 Å². The lowest BCUT2D eigenvalue weighted by Crippen LogP contribution is -2.42. The number of H-pyrrole nitrogens is 2. The van der Waals surface area contributed by atoms with Crippen molar-refractivity contribution in [3.63, 3.8) is 0 Å². The van der Waals surface area contributed by atoms with E-state index >= 15 is 0 Å². The Hall–Kier alpha value is -6.77. The minimum atomic E-state index is -0.543. The van der Waals surface area contributed by atoms with Crippen LogP contribution in [-0.4, -0.2) is 116 Å². The average molecular weight is 939 g/mol. The summed E-state index contributed by atoms with van der Waals surface area (Å²) in [5.41, 5.74) is 2.99. The van der Waals surface area contributed by atoms with Gasteiger partial charge in [0.15, 0.2) is 39.9 Å². The molecule has 4 N–H and O–H groups in total. The van der Waals surface area contributed by atoms with Crippen molar-refractivity contribution in [2.75, 3.05) is 49.9 Å². The summed E-state index contributed by atoms with van der Waals surface area (Å²) < 4.78 is 28.9. The van der Waals surface area contributed by atoms with Gasteiger partial charge < -0.3 is 30.4 Å². The van der Waals surface area contributed by atoms with Crippen molar-refractivity contribution in [2.45, 2.75) is 25.7 Å². The molecule has 0 spiro atoms. The SMILES string of the molecule is O=C(c1cnccn1)N1CCCC(CNc2nc(-c3c[nH]c4ncc(Cl)cc34)ncc2F)C1.O=C(c1nccs1)N1CCCC(CNc2nc(-c3c[nH]c4ncc(Cl)cc34)ncc2F)C1. The van der Waals surface area contributed by atoms with Crippen LogP contribution in [0.2, 0.25) is 10.0 Å². The molecule has 22 heteroatoms. The first kappa shape index (κ1) is 43.5. The van der Waals surface area contributed by atoms with E-state index in [1.165, 1.54) is 29.9 Å². The minimum Gasteiger partial charge on any atom is -0.367 e. The molecule has 8 aromatic heterocycles. The molecule has 2 aliphatic heterocycles. The summed E-state index contributed by atoms with van der Waals surface area (Å²) in [6, 6.07) is 3.53. The van der Waals surface area contributed by atoms with Crippen molar-refractivity contribution in [2.24, 2.45) is 11.8 Å². The summed E-state index contributed by atoms with van der Waals surface area (Å²) in [6.45, 7) is 3.48. The maximum atomic E-state index is 14.5. The number of thiazole rings is 1. The molecule has 0 aliphatic carbocycles. The van der Waals surface area contributed by atoms with Crippen molar-refractivity contribution in [1.82, 2.24) is 64.6 Å². The van der Waals surface area contributed by atoms with E-state index in [1.54, 1.807) is 53.4 Å². The smallest absolute Gasteiger partial charge is 0.282 e.